The van der Waals surface area contributed by atoms with Gasteiger partial charge in [-0.05, 0) is 55.5 Å². The van der Waals surface area contributed by atoms with E-state index in [2.05, 4.69) is 21.7 Å². The molecule has 0 radical (unpaired) electrons. The molecule has 7 heteroatoms. The molecule has 5 rings (SSSR count). The summed E-state index contributed by atoms with van der Waals surface area (Å²) in [5, 5.41) is 12.8. The van der Waals surface area contributed by atoms with Crippen LogP contribution in [0.1, 0.15) is 25.7 Å². The maximum atomic E-state index is 6.37. The summed E-state index contributed by atoms with van der Waals surface area (Å²) < 4.78 is 1.82. The minimum Gasteiger partial charge on any atom is -0.365 e. The van der Waals surface area contributed by atoms with Crippen LogP contribution < -0.4 is 16.4 Å². The first-order valence-electron chi connectivity index (χ1n) is 10.6. The maximum Gasteiger partial charge on any atom is 0.178 e. The van der Waals surface area contributed by atoms with Crippen molar-refractivity contribution in [1.29, 1.82) is 0 Å². The summed E-state index contributed by atoms with van der Waals surface area (Å²) in [4.78, 5) is 4.58. The van der Waals surface area contributed by atoms with Crippen molar-refractivity contribution in [3.63, 3.8) is 0 Å². The molecule has 1 fully saturated rings. The largest absolute Gasteiger partial charge is 0.365 e. The zero-order valence-corrected chi connectivity index (χ0v) is 17.9. The van der Waals surface area contributed by atoms with E-state index in [-0.39, 0.29) is 0 Å². The highest BCUT2D eigenvalue weighted by Gasteiger charge is 2.23. The predicted octanol–water partition coefficient (Wildman–Crippen LogP) is 5.48. The van der Waals surface area contributed by atoms with Gasteiger partial charge in [0.15, 0.2) is 11.5 Å². The number of fused-ring (bicyclic) bond motifs is 1. The first-order chi connectivity index (χ1) is 15.2. The molecule has 1 aliphatic rings. The highest BCUT2D eigenvalue weighted by Crippen LogP contribution is 2.39. The molecule has 2 aromatic heterocycles. The lowest BCUT2D eigenvalue weighted by atomic mass is 9.91. The average Bonchev–Trinajstić information content (AvgIpc) is 3.25. The van der Waals surface area contributed by atoms with E-state index in [1.54, 1.807) is 6.20 Å². The van der Waals surface area contributed by atoms with Gasteiger partial charge in [0, 0.05) is 35.2 Å². The third-order valence-corrected chi connectivity index (χ3v) is 6.04. The third-order valence-electron chi connectivity index (χ3n) is 5.81. The quantitative estimate of drug-likeness (QED) is 0.389. The second-order valence-electron chi connectivity index (χ2n) is 8.05. The summed E-state index contributed by atoms with van der Waals surface area (Å²) in [7, 11) is 0. The van der Waals surface area contributed by atoms with E-state index < -0.39 is 0 Å². The first-order valence-corrected chi connectivity index (χ1v) is 11.0. The Kier molecular flexibility index (Phi) is 5.49. The van der Waals surface area contributed by atoms with Gasteiger partial charge < -0.3 is 16.4 Å². The summed E-state index contributed by atoms with van der Waals surface area (Å²) in [6.45, 7) is 0. The molecular weight excluding hydrogens is 408 g/mol. The first kappa shape index (κ1) is 19.8. The van der Waals surface area contributed by atoms with E-state index in [1.165, 1.54) is 0 Å². The molecule has 0 saturated heterocycles. The van der Waals surface area contributed by atoms with Crippen LogP contribution in [0.15, 0.2) is 67.0 Å². The molecule has 31 heavy (non-hydrogen) atoms. The number of nitrogens with one attached hydrogen (secondary N) is 2. The second kappa shape index (κ2) is 8.57. The van der Waals surface area contributed by atoms with Crippen molar-refractivity contribution in [3.05, 3.63) is 72.0 Å². The lowest BCUT2D eigenvalue weighted by Crippen LogP contribution is -2.33. The molecule has 1 aliphatic carbocycles. The zero-order chi connectivity index (χ0) is 21.2. The van der Waals surface area contributed by atoms with Crippen LogP contribution in [-0.4, -0.2) is 26.7 Å². The number of nitrogens with zero attached hydrogens (tertiary/aromatic N) is 3. The summed E-state index contributed by atoms with van der Waals surface area (Å²) in [6, 6.07) is 18.6. The number of hydrogen-bond acceptors (Lipinski definition) is 5. The summed E-state index contributed by atoms with van der Waals surface area (Å²) in [5.41, 5.74) is 10.7. The van der Waals surface area contributed by atoms with Crippen LogP contribution in [0.3, 0.4) is 0 Å². The Balaban J connectivity index is 1.66. The van der Waals surface area contributed by atoms with Crippen LogP contribution in [-0.2, 0) is 0 Å². The Morgan fingerprint density at radius 3 is 2.58 bits per heavy atom. The molecule has 0 atom stereocenters. The Morgan fingerprint density at radius 1 is 1.00 bits per heavy atom. The Hall–Kier alpha value is -3.09. The normalized spacial score (nSPS) is 18.8. The van der Waals surface area contributed by atoms with Crippen LogP contribution in [0.4, 0.5) is 17.2 Å². The van der Waals surface area contributed by atoms with Gasteiger partial charge in [0.05, 0.1) is 11.3 Å². The molecule has 6 nitrogen and oxygen atoms in total. The van der Waals surface area contributed by atoms with Gasteiger partial charge in [-0.2, -0.15) is 0 Å². The van der Waals surface area contributed by atoms with Crippen LogP contribution in [0.5, 0.6) is 0 Å². The van der Waals surface area contributed by atoms with Gasteiger partial charge in [-0.1, -0.05) is 41.9 Å². The van der Waals surface area contributed by atoms with E-state index in [0.29, 0.717) is 17.1 Å². The molecule has 0 aliphatic heterocycles. The molecule has 158 valence electrons. The van der Waals surface area contributed by atoms with Crippen molar-refractivity contribution in [2.45, 2.75) is 37.8 Å². The molecule has 0 amide bonds. The fourth-order valence-electron chi connectivity index (χ4n) is 4.21. The van der Waals surface area contributed by atoms with Crippen molar-refractivity contribution in [2.24, 2.45) is 5.73 Å². The highest BCUT2D eigenvalue weighted by molar-refractivity contribution is 6.31. The van der Waals surface area contributed by atoms with E-state index in [0.717, 1.165) is 59.7 Å². The van der Waals surface area contributed by atoms with Gasteiger partial charge in [0.25, 0.3) is 0 Å². The van der Waals surface area contributed by atoms with E-state index >= 15 is 0 Å². The highest BCUT2D eigenvalue weighted by atomic mass is 35.5. The number of rotatable bonds is 5. The topological polar surface area (TPSA) is 80.3 Å². The summed E-state index contributed by atoms with van der Waals surface area (Å²) in [5.74, 6) is 0.812. The smallest absolute Gasteiger partial charge is 0.178 e. The molecular formula is C24H25ClN6. The average molecular weight is 433 g/mol. The third kappa shape index (κ3) is 4.22. The molecule has 4 N–H and O–H groups in total. The Labute approximate surface area is 186 Å². The lowest BCUT2D eigenvalue weighted by molar-refractivity contribution is 0.410. The maximum absolute atomic E-state index is 6.37. The fraction of sp³-hybridized carbons (Fsp3) is 0.250. The number of benzene rings is 2. The Morgan fingerprint density at radius 2 is 1.81 bits per heavy atom. The van der Waals surface area contributed by atoms with Crippen molar-refractivity contribution >= 4 is 34.4 Å². The summed E-state index contributed by atoms with van der Waals surface area (Å²) >= 11 is 6.37. The molecule has 2 aromatic carbocycles. The van der Waals surface area contributed by atoms with Gasteiger partial charge >= 0.3 is 0 Å². The number of aromatic nitrogens is 3. The molecule has 1 saturated carbocycles. The molecule has 0 unspecified atom stereocenters. The van der Waals surface area contributed by atoms with E-state index in [1.807, 2.05) is 59.2 Å². The van der Waals surface area contributed by atoms with Gasteiger partial charge in [0.2, 0.25) is 0 Å². The van der Waals surface area contributed by atoms with Crippen molar-refractivity contribution in [1.82, 2.24) is 14.6 Å². The van der Waals surface area contributed by atoms with Crippen LogP contribution in [0.25, 0.3) is 16.8 Å². The van der Waals surface area contributed by atoms with Crippen LogP contribution in [0, 0.1) is 0 Å². The van der Waals surface area contributed by atoms with Gasteiger partial charge in [-0.15, -0.1) is 5.10 Å². The van der Waals surface area contributed by atoms with Gasteiger partial charge in [-0.3, -0.25) is 0 Å². The fourth-order valence-corrected chi connectivity index (χ4v) is 4.40. The molecule has 0 bridgehead atoms. The van der Waals surface area contributed by atoms with E-state index in [4.69, 9.17) is 22.4 Å². The molecule has 4 aromatic rings. The zero-order valence-electron chi connectivity index (χ0n) is 17.1. The van der Waals surface area contributed by atoms with E-state index in [9.17, 15) is 0 Å². The summed E-state index contributed by atoms with van der Waals surface area (Å²) in [6.07, 6.45) is 7.74. The molecule has 2 heterocycles. The van der Waals surface area contributed by atoms with Crippen molar-refractivity contribution < 1.29 is 0 Å². The number of para-hydroxylation sites is 1. The monoisotopic (exact) mass is 432 g/mol. The second-order valence-corrected chi connectivity index (χ2v) is 8.49. The number of hydrogen-bond donors (Lipinski definition) is 3. The standard InChI is InChI=1S/C24H25ClN6/c25-17-6-4-5-16(15-17)21-22(28-19-7-2-1-3-8-19)24-27-13-14-31(24)30-23(21)29-20-11-9-18(26)10-12-20/h1-8,13-15,18,20,28H,9-12,26H2,(H,29,30). The predicted molar refractivity (Wildman–Crippen MR) is 127 cm³/mol. The van der Waals surface area contributed by atoms with Gasteiger partial charge in [0.1, 0.15) is 0 Å². The number of halogens is 1. The van der Waals surface area contributed by atoms with Crippen LogP contribution >= 0.6 is 11.6 Å². The van der Waals surface area contributed by atoms with Crippen molar-refractivity contribution in [2.75, 3.05) is 10.6 Å². The minimum absolute atomic E-state index is 0.296. The lowest BCUT2D eigenvalue weighted by Gasteiger charge is -2.28. The SMILES string of the molecule is NC1CCC(Nc2nn3ccnc3c(Nc3ccccc3)c2-c2cccc(Cl)c2)CC1. The van der Waals surface area contributed by atoms with Crippen molar-refractivity contribution in [3.8, 4) is 11.1 Å². The number of anilines is 3. The van der Waals surface area contributed by atoms with Crippen LogP contribution in [0.2, 0.25) is 5.02 Å². The number of imidazole rings is 1. The number of nitrogens with two attached hydrogens (primary N) is 1. The Bertz CT molecular complexity index is 1180. The van der Waals surface area contributed by atoms with Gasteiger partial charge in [-0.25, -0.2) is 9.50 Å². The minimum atomic E-state index is 0.296. The molecule has 0 spiro atoms.